The van der Waals surface area contributed by atoms with Crippen LogP contribution in [0.4, 0.5) is 0 Å². The van der Waals surface area contributed by atoms with Crippen LogP contribution in [0, 0.1) is 5.92 Å². The summed E-state index contributed by atoms with van der Waals surface area (Å²) in [6.45, 7) is 4.53. The second kappa shape index (κ2) is 2.36. The van der Waals surface area contributed by atoms with Gasteiger partial charge in [-0.2, -0.15) is 5.10 Å². The maximum Gasteiger partial charge on any atom is 0.0549 e. The molecule has 0 saturated carbocycles. The maximum absolute atomic E-state index is 4.32. The van der Waals surface area contributed by atoms with E-state index in [1.807, 2.05) is 6.20 Å². The zero-order valence-corrected chi connectivity index (χ0v) is 7.12. The van der Waals surface area contributed by atoms with E-state index in [4.69, 9.17) is 0 Å². The van der Waals surface area contributed by atoms with E-state index in [0.29, 0.717) is 6.04 Å². The van der Waals surface area contributed by atoms with Crippen molar-refractivity contribution in [3.8, 4) is 0 Å². The fraction of sp³-hybridized carbons (Fsp3) is 0.667. The molecule has 0 N–H and O–H groups in total. The Labute approximate surface area is 67.2 Å². The lowest BCUT2D eigenvalue weighted by molar-refractivity contribution is 0.363. The minimum atomic E-state index is 0.653. The van der Waals surface area contributed by atoms with Crippen LogP contribution in [-0.2, 0) is 6.42 Å². The molecule has 2 heteroatoms. The van der Waals surface area contributed by atoms with Crippen molar-refractivity contribution < 1.29 is 0 Å². The van der Waals surface area contributed by atoms with Crippen molar-refractivity contribution in [3.63, 3.8) is 0 Å². The first kappa shape index (κ1) is 6.89. The minimum Gasteiger partial charge on any atom is -0.266 e. The highest BCUT2D eigenvalue weighted by Crippen LogP contribution is 2.30. The number of rotatable bonds is 1. The van der Waals surface area contributed by atoms with Gasteiger partial charge in [0.15, 0.2) is 0 Å². The number of hydrogen-bond acceptors (Lipinski definition) is 1. The van der Waals surface area contributed by atoms with Gasteiger partial charge >= 0.3 is 0 Å². The SMILES string of the molecule is CC(C)[C@H]1CCc2ccnn21. The fourth-order valence-corrected chi connectivity index (χ4v) is 1.87. The van der Waals surface area contributed by atoms with Gasteiger partial charge in [0, 0.05) is 11.9 Å². The van der Waals surface area contributed by atoms with Gasteiger partial charge in [-0.1, -0.05) is 13.8 Å². The van der Waals surface area contributed by atoms with Gasteiger partial charge in [-0.15, -0.1) is 0 Å². The van der Waals surface area contributed by atoms with Crippen molar-refractivity contribution in [1.82, 2.24) is 9.78 Å². The average molecular weight is 150 g/mol. The molecule has 0 spiro atoms. The third-order valence-corrected chi connectivity index (χ3v) is 2.53. The molecular weight excluding hydrogens is 136 g/mol. The Morgan fingerprint density at radius 2 is 2.45 bits per heavy atom. The number of aromatic nitrogens is 2. The van der Waals surface area contributed by atoms with Gasteiger partial charge in [0.2, 0.25) is 0 Å². The van der Waals surface area contributed by atoms with E-state index in [-0.39, 0.29) is 0 Å². The van der Waals surface area contributed by atoms with Gasteiger partial charge in [-0.05, 0) is 24.8 Å². The standard InChI is InChI=1S/C9H14N2/c1-7(2)9-4-3-8-5-6-10-11(8)9/h5-7,9H,3-4H2,1-2H3/t9-/m1/s1. The second-order valence-electron chi connectivity index (χ2n) is 3.62. The van der Waals surface area contributed by atoms with E-state index in [2.05, 4.69) is 29.7 Å². The Bertz CT molecular complexity index is 250. The number of aryl methyl sites for hydroxylation is 1. The first-order valence-electron chi connectivity index (χ1n) is 4.31. The van der Waals surface area contributed by atoms with Crippen molar-refractivity contribution in [3.05, 3.63) is 18.0 Å². The Morgan fingerprint density at radius 3 is 3.18 bits per heavy atom. The molecule has 0 radical (unpaired) electrons. The van der Waals surface area contributed by atoms with Crippen LogP contribution in [0.3, 0.4) is 0 Å². The summed E-state index contributed by atoms with van der Waals surface area (Å²) in [5.41, 5.74) is 1.41. The van der Waals surface area contributed by atoms with Gasteiger partial charge in [0.25, 0.3) is 0 Å². The highest BCUT2D eigenvalue weighted by molar-refractivity contribution is 5.07. The zero-order chi connectivity index (χ0) is 7.84. The molecule has 0 aromatic carbocycles. The molecule has 0 saturated heterocycles. The average Bonchev–Trinajstić information content (AvgIpc) is 2.41. The van der Waals surface area contributed by atoms with Crippen LogP contribution in [0.5, 0.6) is 0 Å². The molecule has 2 rings (SSSR count). The molecule has 0 amide bonds. The van der Waals surface area contributed by atoms with E-state index < -0.39 is 0 Å². The summed E-state index contributed by atoms with van der Waals surface area (Å²) in [5.74, 6) is 0.719. The largest absolute Gasteiger partial charge is 0.266 e. The molecule has 1 aromatic heterocycles. The third-order valence-electron chi connectivity index (χ3n) is 2.53. The molecule has 0 aliphatic carbocycles. The normalized spacial score (nSPS) is 22.6. The predicted molar refractivity (Wildman–Crippen MR) is 44.4 cm³/mol. The molecule has 0 fully saturated rings. The molecule has 2 heterocycles. The molecular formula is C9H14N2. The lowest BCUT2D eigenvalue weighted by atomic mass is 10.0. The summed E-state index contributed by atoms with van der Waals surface area (Å²) >= 11 is 0. The molecule has 1 aliphatic rings. The van der Waals surface area contributed by atoms with Gasteiger partial charge in [0.05, 0.1) is 6.04 Å². The summed E-state index contributed by atoms with van der Waals surface area (Å²) in [6.07, 6.45) is 4.40. The lowest BCUT2D eigenvalue weighted by Gasteiger charge is -2.15. The fourth-order valence-electron chi connectivity index (χ4n) is 1.87. The lowest BCUT2D eigenvalue weighted by Crippen LogP contribution is -2.11. The predicted octanol–water partition coefficient (Wildman–Crippen LogP) is 2.03. The van der Waals surface area contributed by atoms with E-state index in [9.17, 15) is 0 Å². The van der Waals surface area contributed by atoms with Crippen LogP contribution in [-0.4, -0.2) is 9.78 Å². The third kappa shape index (κ3) is 0.971. The van der Waals surface area contributed by atoms with Gasteiger partial charge in [-0.25, -0.2) is 0 Å². The van der Waals surface area contributed by atoms with E-state index in [1.165, 1.54) is 18.5 Å². The van der Waals surface area contributed by atoms with E-state index in [1.54, 1.807) is 0 Å². The number of hydrogen-bond donors (Lipinski definition) is 0. The number of nitrogens with zero attached hydrogens (tertiary/aromatic N) is 2. The van der Waals surface area contributed by atoms with Crippen molar-refractivity contribution in [2.75, 3.05) is 0 Å². The Morgan fingerprint density at radius 1 is 1.64 bits per heavy atom. The van der Waals surface area contributed by atoms with Crippen LogP contribution in [0.25, 0.3) is 0 Å². The second-order valence-corrected chi connectivity index (χ2v) is 3.62. The summed E-state index contributed by atoms with van der Waals surface area (Å²) in [6, 6.07) is 2.78. The topological polar surface area (TPSA) is 17.8 Å². The quantitative estimate of drug-likeness (QED) is 0.599. The minimum absolute atomic E-state index is 0.653. The molecule has 1 atom stereocenters. The molecule has 60 valence electrons. The molecule has 11 heavy (non-hydrogen) atoms. The van der Waals surface area contributed by atoms with E-state index >= 15 is 0 Å². The van der Waals surface area contributed by atoms with Crippen LogP contribution < -0.4 is 0 Å². The highest BCUT2D eigenvalue weighted by Gasteiger charge is 2.24. The maximum atomic E-state index is 4.32. The van der Waals surface area contributed by atoms with Crippen molar-refractivity contribution >= 4 is 0 Å². The van der Waals surface area contributed by atoms with Gasteiger partial charge in [0.1, 0.15) is 0 Å². The van der Waals surface area contributed by atoms with Gasteiger partial charge in [-0.3, -0.25) is 4.68 Å². The molecule has 0 unspecified atom stereocenters. The molecule has 0 bridgehead atoms. The van der Waals surface area contributed by atoms with E-state index in [0.717, 1.165) is 5.92 Å². The molecule has 1 aromatic rings. The zero-order valence-electron chi connectivity index (χ0n) is 7.12. The first-order valence-corrected chi connectivity index (χ1v) is 4.31. The molecule has 1 aliphatic heterocycles. The smallest absolute Gasteiger partial charge is 0.0549 e. The van der Waals surface area contributed by atoms with Crippen LogP contribution in [0.2, 0.25) is 0 Å². The Hall–Kier alpha value is -0.790. The molecule has 2 nitrogen and oxygen atoms in total. The summed E-state index contributed by atoms with van der Waals surface area (Å²) in [5, 5.41) is 4.32. The van der Waals surface area contributed by atoms with Crippen molar-refractivity contribution in [1.29, 1.82) is 0 Å². The highest BCUT2D eigenvalue weighted by atomic mass is 15.3. The summed E-state index contributed by atoms with van der Waals surface area (Å²) in [4.78, 5) is 0. The summed E-state index contributed by atoms with van der Waals surface area (Å²) in [7, 11) is 0. The first-order chi connectivity index (χ1) is 5.29. The van der Waals surface area contributed by atoms with Gasteiger partial charge < -0.3 is 0 Å². The van der Waals surface area contributed by atoms with Crippen LogP contribution in [0.15, 0.2) is 12.3 Å². The van der Waals surface area contributed by atoms with Crippen LogP contribution in [0.1, 0.15) is 32.0 Å². The monoisotopic (exact) mass is 150 g/mol. The summed E-state index contributed by atoms with van der Waals surface area (Å²) < 4.78 is 2.19. The van der Waals surface area contributed by atoms with Crippen LogP contribution >= 0.6 is 0 Å². The number of fused-ring (bicyclic) bond motifs is 1. The Kier molecular flexibility index (Phi) is 1.48. The van der Waals surface area contributed by atoms with Crippen molar-refractivity contribution in [2.45, 2.75) is 32.7 Å². The van der Waals surface area contributed by atoms with Crippen molar-refractivity contribution in [2.24, 2.45) is 5.92 Å². The Balaban J connectivity index is 2.31.